The second kappa shape index (κ2) is 8.92. The number of benzene rings is 1. The Morgan fingerprint density at radius 2 is 1.95 bits per heavy atom. The fourth-order valence-corrected chi connectivity index (χ4v) is 1.85. The van der Waals surface area contributed by atoms with Gasteiger partial charge in [-0.1, -0.05) is 40.0 Å². The number of halogens is 1. The molecule has 19 heavy (non-hydrogen) atoms. The Hall–Kier alpha value is -1.09. The predicted molar refractivity (Wildman–Crippen MR) is 78.0 cm³/mol. The summed E-state index contributed by atoms with van der Waals surface area (Å²) in [7, 11) is 0. The molecule has 0 radical (unpaired) electrons. The highest BCUT2D eigenvalue weighted by Crippen LogP contribution is 2.17. The van der Waals surface area contributed by atoms with E-state index in [1.54, 1.807) is 6.07 Å². The van der Waals surface area contributed by atoms with Crippen molar-refractivity contribution in [1.29, 1.82) is 0 Å². The van der Waals surface area contributed by atoms with Crippen LogP contribution in [0.25, 0.3) is 0 Å². The monoisotopic (exact) mass is 267 g/mol. The molecule has 0 saturated carbocycles. The Bertz CT molecular complexity index is 366. The minimum atomic E-state index is -0.230. The minimum absolute atomic E-state index is 0.230. The summed E-state index contributed by atoms with van der Waals surface area (Å²) in [4.78, 5) is 0. The molecule has 0 aliphatic rings. The Morgan fingerprint density at radius 1 is 1.16 bits per heavy atom. The number of hydrogen-bond acceptors (Lipinski definition) is 2. The summed E-state index contributed by atoms with van der Waals surface area (Å²) in [5.41, 5.74) is 0.928. The molecule has 0 amide bonds. The lowest BCUT2D eigenvalue weighted by atomic mass is 10.2. The maximum atomic E-state index is 13.5. The van der Waals surface area contributed by atoms with Gasteiger partial charge in [-0.15, -0.1) is 0 Å². The minimum Gasteiger partial charge on any atom is -0.493 e. The predicted octanol–water partition coefficient (Wildman–Crippen LogP) is 4.28. The summed E-state index contributed by atoms with van der Waals surface area (Å²) in [6.45, 7) is 7.67. The molecule has 1 aromatic carbocycles. The molecule has 1 aromatic rings. The van der Waals surface area contributed by atoms with Crippen molar-refractivity contribution < 1.29 is 9.13 Å². The Morgan fingerprint density at radius 3 is 2.63 bits per heavy atom. The molecule has 108 valence electrons. The van der Waals surface area contributed by atoms with Gasteiger partial charge in [0.25, 0.3) is 0 Å². The van der Waals surface area contributed by atoms with Crippen molar-refractivity contribution in [3.8, 4) is 5.75 Å². The van der Waals surface area contributed by atoms with Gasteiger partial charge < -0.3 is 10.1 Å². The molecule has 0 atom stereocenters. The van der Waals surface area contributed by atoms with E-state index in [0.29, 0.717) is 24.9 Å². The standard InChI is InChI=1S/C16H26FNO/c1-4-5-6-7-8-19-16-10-14(9-15(17)11-16)12-18-13(2)3/h9-11,13,18H,4-8,12H2,1-3H3. The van der Waals surface area contributed by atoms with Crippen LogP contribution in [0.5, 0.6) is 5.75 Å². The van der Waals surface area contributed by atoms with Gasteiger partial charge in [-0.2, -0.15) is 0 Å². The number of hydrogen-bond donors (Lipinski definition) is 1. The average molecular weight is 267 g/mol. The third-order valence-electron chi connectivity index (χ3n) is 2.91. The number of rotatable bonds is 9. The quantitative estimate of drug-likeness (QED) is 0.674. The zero-order valence-corrected chi connectivity index (χ0v) is 12.3. The zero-order chi connectivity index (χ0) is 14.1. The van der Waals surface area contributed by atoms with Gasteiger partial charge in [-0.3, -0.25) is 0 Å². The van der Waals surface area contributed by atoms with Crippen LogP contribution in [0, 0.1) is 5.82 Å². The summed E-state index contributed by atoms with van der Waals surface area (Å²) >= 11 is 0. The van der Waals surface area contributed by atoms with E-state index >= 15 is 0 Å². The molecule has 3 heteroatoms. The molecule has 0 heterocycles. The Kier molecular flexibility index (Phi) is 7.49. The van der Waals surface area contributed by atoms with Crippen molar-refractivity contribution in [3.05, 3.63) is 29.6 Å². The molecule has 0 aromatic heterocycles. The van der Waals surface area contributed by atoms with Crippen LogP contribution in [-0.2, 0) is 6.54 Å². The van der Waals surface area contributed by atoms with Crippen molar-refractivity contribution in [1.82, 2.24) is 5.32 Å². The molecule has 0 aliphatic heterocycles. The first kappa shape index (κ1) is 16.0. The molecule has 0 spiro atoms. The largest absolute Gasteiger partial charge is 0.493 e. The average Bonchev–Trinajstić information content (AvgIpc) is 2.35. The number of ether oxygens (including phenoxy) is 1. The highest BCUT2D eigenvalue weighted by Gasteiger charge is 2.03. The molecule has 0 unspecified atom stereocenters. The Balaban J connectivity index is 2.44. The van der Waals surface area contributed by atoms with Gasteiger partial charge in [0.15, 0.2) is 0 Å². The summed E-state index contributed by atoms with van der Waals surface area (Å²) in [5.74, 6) is 0.406. The van der Waals surface area contributed by atoms with Gasteiger partial charge in [0.05, 0.1) is 6.61 Å². The second-order valence-corrected chi connectivity index (χ2v) is 5.24. The molecule has 1 rings (SSSR count). The van der Waals surface area contributed by atoms with E-state index in [4.69, 9.17) is 4.74 Å². The molecular formula is C16H26FNO. The van der Waals surface area contributed by atoms with Crippen LogP contribution < -0.4 is 10.1 Å². The topological polar surface area (TPSA) is 21.3 Å². The van der Waals surface area contributed by atoms with Crippen molar-refractivity contribution in [2.45, 2.75) is 59.0 Å². The van der Waals surface area contributed by atoms with E-state index in [2.05, 4.69) is 26.1 Å². The fraction of sp³-hybridized carbons (Fsp3) is 0.625. The number of nitrogens with one attached hydrogen (secondary N) is 1. The first-order chi connectivity index (χ1) is 9.11. The Labute approximate surface area is 116 Å². The van der Waals surface area contributed by atoms with Crippen LogP contribution >= 0.6 is 0 Å². The second-order valence-electron chi connectivity index (χ2n) is 5.24. The lowest BCUT2D eigenvalue weighted by molar-refractivity contribution is 0.303. The fourth-order valence-electron chi connectivity index (χ4n) is 1.85. The lowest BCUT2D eigenvalue weighted by Gasteiger charge is -2.11. The molecule has 0 fully saturated rings. The van der Waals surface area contributed by atoms with Gasteiger partial charge in [0.2, 0.25) is 0 Å². The maximum absolute atomic E-state index is 13.5. The van der Waals surface area contributed by atoms with Crippen LogP contribution in [0.4, 0.5) is 4.39 Å². The molecular weight excluding hydrogens is 241 g/mol. The maximum Gasteiger partial charge on any atom is 0.127 e. The highest BCUT2D eigenvalue weighted by atomic mass is 19.1. The summed E-state index contributed by atoms with van der Waals surface area (Å²) in [5, 5.41) is 3.28. The molecule has 0 aliphatic carbocycles. The highest BCUT2D eigenvalue weighted by molar-refractivity contribution is 5.29. The zero-order valence-electron chi connectivity index (χ0n) is 12.3. The van der Waals surface area contributed by atoms with E-state index in [9.17, 15) is 4.39 Å². The van der Waals surface area contributed by atoms with Crippen LogP contribution in [-0.4, -0.2) is 12.6 Å². The summed E-state index contributed by atoms with van der Waals surface area (Å²) < 4.78 is 19.1. The first-order valence-corrected chi connectivity index (χ1v) is 7.27. The molecule has 2 nitrogen and oxygen atoms in total. The van der Waals surface area contributed by atoms with Gasteiger partial charge in [0.1, 0.15) is 11.6 Å². The van der Waals surface area contributed by atoms with Gasteiger partial charge in [0, 0.05) is 18.7 Å². The van der Waals surface area contributed by atoms with Crippen LogP contribution in [0.1, 0.15) is 52.0 Å². The van der Waals surface area contributed by atoms with E-state index in [0.717, 1.165) is 12.0 Å². The smallest absolute Gasteiger partial charge is 0.127 e. The molecule has 0 saturated heterocycles. The SMILES string of the molecule is CCCCCCOc1cc(F)cc(CNC(C)C)c1. The summed E-state index contributed by atoms with van der Waals surface area (Å²) in [6.07, 6.45) is 4.65. The van der Waals surface area contributed by atoms with E-state index in [1.807, 2.05) is 6.07 Å². The van der Waals surface area contributed by atoms with Gasteiger partial charge in [-0.25, -0.2) is 4.39 Å². The van der Waals surface area contributed by atoms with Crippen molar-refractivity contribution in [2.24, 2.45) is 0 Å². The third kappa shape index (κ3) is 7.16. The van der Waals surface area contributed by atoms with Crippen molar-refractivity contribution in [2.75, 3.05) is 6.61 Å². The van der Waals surface area contributed by atoms with Gasteiger partial charge in [-0.05, 0) is 24.1 Å². The van der Waals surface area contributed by atoms with Crippen molar-refractivity contribution in [3.63, 3.8) is 0 Å². The van der Waals surface area contributed by atoms with Crippen LogP contribution in [0.2, 0.25) is 0 Å². The van der Waals surface area contributed by atoms with Crippen molar-refractivity contribution >= 4 is 0 Å². The van der Waals surface area contributed by atoms with E-state index < -0.39 is 0 Å². The normalized spacial score (nSPS) is 11.0. The summed E-state index contributed by atoms with van der Waals surface area (Å²) in [6, 6.07) is 5.32. The van der Waals surface area contributed by atoms with Gasteiger partial charge >= 0.3 is 0 Å². The molecule has 0 bridgehead atoms. The van der Waals surface area contributed by atoms with E-state index in [1.165, 1.54) is 25.3 Å². The van der Waals surface area contributed by atoms with Crippen LogP contribution in [0.15, 0.2) is 18.2 Å². The number of unbranched alkanes of at least 4 members (excludes halogenated alkanes) is 3. The first-order valence-electron chi connectivity index (χ1n) is 7.27. The van der Waals surface area contributed by atoms with Crippen LogP contribution in [0.3, 0.4) is 0 Å². The van der Waals surface area contributed by atoms with E-state index in [-0.39, 0.29) is 5.82 Å². The molecule has 1 N–H and O–H groups in total. The lowest BCUT2D eigenvalue weighted by Crippen LogP contribution is -2.21. The third-order valence-corrected chi connectivity index (χ3v) is 2.91.